The molecule has 0 atom stereocenters. The molecule has 100 valence electrons. The highest BCUT2D eigenvalue weighted by molar-refractivity contribution is 7.98. The number of thioether (sulfide) groups is 1. The molecule has 20 heavy (non-hydrogen) atoms. The average molecular weight is 298 g/mol. The van der Waals surface area contributed by atoms with E-state index in [-0.39, 0.29) is 0 Å². The van der Waals surface area contributed by atoms with Crippen LogP contribution in [0.3, 0.4) is 0 Å². The van der Waals surface area contributed by atoms with Gasteiger partial charge in [-0.1, -0.05) is 42.5 Å². The first-order valence-corrected chi connectivity index (χ1v) is 8.16. The first-order valence-electron chi connectivity index (χ1n) is 6.29. The van der Waals surface area contributed by atoms with Crippen molar-refractivity contribution in [3.8, 4) is 11.3 Å². The number of hydrogen-bond donors (Lipinski definition) is 1. The van der Waals surface area contributed by atoms with Crippen LogP contribution in [0.15, 0.2) is 64.9 Å². The number of benzene rings is 2. The Morgan fingerprint density at radius 1 is 1.00 bits per heavy atom. The number of hydrogen-bond acceptors (Lipinski definition) is 4. The number of nitrogens with zero attached hydrogens (tertiary/aromatic N) is 1. The Labute approximate surface area is 126 Å². The Bertz CT molecular complexity index is 675. The van der Waals surface area contributed by atoms with Crippen molar-refractivity contribution in [2.45, 2.75) is 10.6 Å². The van der Waals surface area contributed by atoms with Gasteiger partial charge in [-0.05, 0) is 17.7 Å². The molecule has 0 radical (unpaired) electrons. The van der Waals surface area contributed by atoms with Crippen molar-refractivity contribution < 1.29 is 0 Å². The zero-order valence-electron chi connectivity index (χ0n) is 10.8. The van der Waals surface area contributed by atoms with E-state index in [4.69, 9.17) is 5.73 Å². The molecule has 0 saturated heterocycles. The molecule has 0 aliphatic carbocycles. The molecule has 0 fully saturated rings. The lowest BCUT2D eigenvalue weighted by molar-refractivity contribution is 1.36. The molecule has 0 bridgehead atoms. The third-order valence-corrected chi connectivity index (χ3v) is 4.68. The molecule has 0 amide bonds. The lowest BCUT2D eigenvalue weighted by Gasteiger charge is -2.03. The topological polar surface area (TPSA) is 38.9 Å². The fraction of sp³-hybridized carbons (Fsp3) is 0.0625. The third kappa shape index (κ3) is 3.21. The second-order valence-electron chi connectivity index (χ2n) is 4.37. The van der Waals surface area contributed by atoms with Crippen LogP contribution in [0.1, 0.15) is 5.56 Å². The van der Waals surface area contributed by atoms with E-state index in [9.17, 15) is 0 Å². The molecule has 2 aromatic carbocycles. The molecule has 0 unspecified atom stereocenters. The summed E-state index contributed by atoms with van der Waals surface area (Å²) < 4.78 is 0. The SMILES string of the molecule is Nc1nc(-c2ccc(SCc3ccccc3)cc2)cs1. The normalized spacial score (nSPS) is 10.6. The zero-order valence-corrected chi connectivity index (χ0v) is 12.5. The van der Waals surface area contributed by atoms with Gasteiger partial charge in [0, 0.05) is 21.6 Å². The van der Waals surface area contributed by atoms with E-state index in [2.05, 4.69) is 53.5 Å². The lowest BCUT2D eigenvalue weighted by atomic mass is 10.2. The van der Waals surface area contributed by atoms with Crippen LogP contribution in [-0.2, 0) is 5.75 Å². The minimum absolute atomic E-state index is 0.613. The molecule has 0 saturated carbocycles. The second-order valence-corrected chi connectivity index (χ2v) is 6.31. The van der Waals surface area contributed by atoms with E-state index in [0.717, 1.165) is 17.0 Å². The predicted octanol–water partition coefficient (Wildman–Crippen LogP) is 4.68. The summed E-state index contributed by atoms with van der Waals surface area (Å²) in [5.41, 5.74) is 9.07. The number of thiazole rings is 1. The summed E-state index contributed by atoms with van der Waals surface area (Å²) in [7, 11) is 0. The van der Waals surface area contributed by atoms with Crippen LogP contribution in [0.25, 0.3) is 11.3 Å². The summed E-state index contributed by atoms with van der Waals surface area (Å²) in [4.78, 5) is 5.56. The lowest BCUT2D eigenvalue weighted by Crippen LogP contribution is -1.83. The maximum Gasteiger partial charge on any atom is 0.180 e. The first-order chi connectivity index (χ1) is 9.81. The highest BCUT2D eigenvalue weighted by Gasteiger charge is 2.02. The van der Waals surface area contributed by atoms with Gasteiger partial charge in [0.2, 0.25) is 0 Å². The fourth-order valence-electron chi connectivity index (χ4n) is 1.88. The minimum atomic E-state index is 0.613. The summed E-state index contributed by atoms with van der Waals surface area (Å²) in [6.07, 6.45) is 0. The van der Waals surface area contributed by atoms with Gasteiger partial charge in [-0.2, -0.15) is 0 Å². The Balaban J connectivity index is 1.67. The van der Waals surface area contributed by atoms with Gasteiger partial charge in [0.1, 0.15) is 0 Å². The van der Waals surface area contributed by atoms with E-state index < -0.39 is 0 Å². The van der Waals surface area contributed by atoms with E-state index >= 15 is 0 Å². The van der Waals surface area contributed by atoms with Gasteiger partial charge < -0.3 is 5.73 Å². The smallest absolute Gasteiger partial charge is 0.180 e. The number of anilines is 1. The van der Waals surface area contributed by atoms with Crippen LogP contribution in [0.5, 0.6) is 0 Å². The fourth-order valence-corrected chi connectivity index (χ4v) is 3.31. The van der Waals surface area contributed by atoms with Crippen LogP contribution in [-0.4, -0.2) is 4.98 Å². The van der Waals surface area contributed by atoms with Gasteiger partial charge >= 0.3 is 0 Å². The Kier molecular flexibility index (Phi) is 4.04. The van der Waals surface area contributed by atoms with Gasteiger partial charge in [-0.25, -0.2) is 4.98 Å². The van der Waals surface area contributed by atoms with Gasteiger partial charge in [0.25, 0.3) is 0 Å². The van der Waals surface area contributed by atoms with E-state index in [1.807, 2.05) is 23.2 Å². The molecule has 0 aliphatic rings. The van der Waals surface area contributed by atoms with E-state index in [0.29, 0.717) is 5.13 Å². The van der Waals surface area contributed by atoms with Crippen LogP contribution >= 0.6 is 23.1 Å². The molecule has 3 rings (SSSR count). The van der Waals surface area contributed by atoms with Crippen molar-refractivity contribution in [2.24, 2.45) is 0 Å². The highest BCUT2D eigenvalue weighted by Crippen LogP contribution is 2.27. The molecule has 2 N–H and O–H groups in total. The second kappa shape index (κ2) is 6.11. The highest BCUT2D eigenvalue weighted by atomic mass is 32.2. The van der Waals surface area contributed by atoms with Crippen molar-refractivity contribution in [1.82, 2.24) is 4.98 Å². The molecule has 4 heteroatoms. The Hall–Kier alpha value is -1.78. The number of nitrogen functional groups attached to an aromatic ring is 1. The van der Waals surface area contributed by atoms with Crippen LogP contribution in [0, 0.1) is 0 Å². The molecule has 0 aliphatic heterocycles. The van der Waals surface area contributed by atoms with Crippen molar-refractivity contribution in [1.29, 1.82) is 0 Å². The van der Waals surface area contributed by atoms with Crippen molar-refractivity contribution >= 4 is 28.2 Å². The molecule has 3 aromatic rings. The monoisotopic (exact) mass is 298 g/mol. The standard InChI is InChI=1S/C16H14N2S2/c17-16-18-15(11-20-16)13-6-8-14(9-7-13)19-10-12-4-2-1-3-5-12/h1-9,11H,10H2,(H2,17,18). The van der Waals surface area contributed by atoms with Gasteiger partial charge in [0.05, 0.1) is 5.69 Å². The maximum atomic E-state index is 5.66. The summed E-state index contributed by atoms with van der Waals surface area (Å²) >= 11 is 3.31. The summed E-state index contributed by atoms with van der Waals surface area (Å²) in [6, 6.07) is 19.0. The van der Waals surface area contributed by atoms with Gasteiger partial charge in [-0.3, -0.25) is 0 Å². The van der Waals surface area contributed by atoms with E-state index in [1.54, 1.807) is 0 Å². The molecule has 1 heterocycles. The van der Waals surface area contributed by atoms with Gasteiger partial charge in [0.15, 0.2) is 5.13 Å². The largest absolute Gasteiger partial charge is 0.375 e. The number of rotatable bonds is 4. The van der Waals surface area contributed by atoms with E-state index in [1.165, 1.54) is 21.8 Å². The zero-order chi connectivity index (χ0) is 13.8. The molecule has 0 spiro atoms. The molecular formula is C16H14N2S2. The Morgan fingerprint density at radius 2 is 1.75 bits per heavy atom. The molecular weight excluding hydrogens is 284 g/mol. The van der Waals surface area contributed by atoms with Gasteiger partial charge in [-0.15, -0.1) is 23.1 Å². The Morgan fingerprint density at radius 3 is 2.40 bits per heavy atom. The summed E-state index contributed by atoms with van der Waals surface area (Å²) in [6.45, 7) is 0. The minimum Gasteiger partial charge on any atom is -0.375 e. The van der Waals surface area contributed by atoms with Crippen molar-refractivity contribution in [2.75, 3.05) is 5.73 Å². The molecule has 2 nitrogen and oxygen atoms in total. The maximum absolute atomic E-state index is 5.66. The predicted molar refractivity (Wildman–Crippen MR) is 88.0 cm³/mol. The molecule has 1 aromatic heterocycles. The van der Waals surface area contributed by atoms with Crippen molar-refractivity contribution in [3.63, 3.8) is 0 Å². The van der Waals surface area contributed by atoms with Crippen LogP contribution in [0.2, 0.25) is 0 Å². The number of nitrogens with two attached hydrogens (primary N) is 1. The van der Waals surface area contributed by atoms with Crippen LogP contribution in [0.4, 0.5) is 5.13 Å². The first kappa shape index (κ1) is 13.2. The van der Waals surface area contributed by atoms with Crippen LogP contribution < -0.4 is 5.73 Å². The third-order valence-electron chi connectivity index (χ3n) is 2.92. The average Bonchev–Trinajstić information content (AvgIpc) is 2.93. The number of aromatic nitrogens is 1. The van der Waals surface area contributed by atoms with Crippen molar-refractivity contribution in [3.05, 3.63) is 65.5 Å². The summed E-state index contributed by atoms with van der Waals surface area (Å²) in [5, 5.41) is 2.60. The quantitative estimate of drug-likeness (QED) is 0.710. The summed E-state index contributed by atoms with van der Waals surface area (Å²) in [5.74, 6) is 0.990.